The molecule has 3 aromatic carbocycles. The highest BCUT2D eigenvalue weighted by Crippen LogP contribution is 2.32. The number of ether oxygens (including phenoxy) is 1. The van der Waals surface area contributed by atoms with Crippen molar-refractivity contribution in [2.75, 3.05) is 20.2 Å². The van der Waals surface area contributed by atoms with Crippen LogP contribution in [0.4, 0.5) is 0 Å². The molecule has 0 bridgehead atoms. The number of carbonyl (C=O) groups is 2. The van der Waals surface area contributed by atoms with Gasteiger partial charge in [-0.25, -0.2) is 9.97 Å². The smallest absolute Gasteiger partial charge is 0.227 e. The minimum Gasteiger partial charge on any atom is -0.497 e. The zero-order chi connectivity index (χ0) is 30.2. The molecule has 2 saturated heterocycles. The quantitative estimate of drug-likeness (QED) is 0.242. The maximum absolute atomic E-state index is 13.3. The summed E-state index contributed by atoms with van der Waals surface area (Å²) in [4.78, 5) is 43.5. The van der Waals surface area contributed by atoms with Crippen molar-refractivity contribution in [3.05, 3.63) is 89.0 Å². The molecule has 2 fully saturated rings. The number of imidazole rings is 2. The topological polar surface area (TPSA) is 116 Å². The molecule has 9 heteroatoms. The largest absolute Gasteiger partial charge is 0.497 e. The lowest BCUT2D eigenvalue weighted by Crippen LogP contribution is -2.32. The summed E-state index contributed by atoms with van der Waals surface area (Å²) in [5.41, 5.74) is 6.27. The molecule has 2 aliphatic rings. The van der Waals surface area contributed by atoms with Crippen LogP contribution in [0.3, 0.4) is 0 Å². The average Bonchev–Trinajstić information content (AvgIpc) is 3.84. The van der Waals surface area contributed by atoms with Crippen LogP contribution < -0.4 is 10.1 Å². The third kappa shape index (κ3) is 5.56. The number of nitrogens with zero attached hydrogens (tertiary/aromatic N) is 3. The number of H-pyrrole nitrogens is 2. The van der Waals surface area contributed by atoms with Crippen molar-refractivity contribution in [1.82, 2.24) is 30.2 Å². The first-order valence-corrected chi connectivity index (χ1v) is 15.1. The highest BCUT2D eigenvalue weighted by molar-refractivity contribution is 5.81. The standard InChI is InChI=1S/C35H34N6O3/c1-21(42)25-19-31(36-20-25)34-37-27-12-10-22(16-29(27)39-34)8-9-23-11-13-28-30(17-23)40-35(38-28)32-7-4-14-41(32)33(43)18-24-5-3-6-26(15-24)44-2/h3,5-6,10-13,15-17,25,31-32,36H,4,7,14,18-20H2,1-2H3,(H,37,39)(H,38,40)/t25?,31-,32-/m0/s1. The molecule has 0 spiro atoms. The second kappa shape index (κ2) is 11.6. The second-order valence-corrected chi connectivity index (χ2v) is 11.7. The Morgan fingerprint density at radius 2 is 1.66 bits per heavy atom. The lowest BCUT2D eigenvalue weighted by molar-refractivity contribution is -0.131. The van der Waals surface area contributed by atoms with Crippen LogP contribution in [-0.4, -0.2) is 56.7 Å². The second-order valence-electron chi connectivity index (χ2n) is 11.7. The summed E-state index contributed by atoms with van der Waals surface area (Å²) in [6.07, 6.45) is 2.91. The molecule has 9 nitrogen and oxygen atoms in total. The van der Waals surface area contributed by atoms with Gasteiger partial charge in [0.1, 0.15) is 23.2 Å². The summed E-state index contributed by atoms with van der Waals surface area (Å²) in [7, 11) is 1.63. The van der Waals surface area contributed by atoms with Crippen molar-refractivity contribution in [3.8, 4) is 17.6 Å². The number of rotatable bonds is 6. The van der Waals surface area contributed by atoms with Crippen molar-refractivity contribution >= 4 is 33.8 Å². The molecule has 0 saturated carbocycles. The lowest BCUT2D eigenvalue weighted by atomic mass is 10.0. The predicted octanol–water partition coefficient (Wildman–Crippen LogP) is 4.99. The van der Waals surface area contributed by atoms with E-state index in [0.717, 1.165) is 82.0 Å². The number of likely N-dealkylation sites (tertiary alicyclic amines) is 1. The Hall–Kier alpha value is -4.94. The molecule has 44 heavy (non-hydrogen) atoms. The molecule has 1 unspecified atom stereocenters. The van der Waals surface area contributed by atoms with E-state index in [4.69, 9.17) is 14.7 Å². The molecule has 0 aliphatic carbocycles. The molecular formula is C35H34N6O3. The van der Waals surface area contributed by atoms with Crippen LogP contribution >= 0.6 is 0 Å². The Kier molecular flexibility index (Phi) is 7.36. The van der Waals surface area contributed by atoms with Gasteiger partial charge in [-0.3, -0.25) is 9.59 Å². The Labute approximate surface area is 255 Å². The number of fused-ring (bicyclic) bond motifs is 2. The minimum absolute atomic E-state index is 0.0437. The highest BCUT2D eigenvalue weighted by Gasteiger charge is 2.32. The molecule has 4 heterocycles. The number of carbonyl (C=O) groups excluding carboxylic acids is 2. The molecular weight excluding hydrogens is 552 g/mol. The SMILES string of the molecule is COc1cccc(CC(=O)N2CCC[C@H]2c2nc3ccc(C#Cc4ccc5nc([C@@H]6CC(C(C)=O)CN6)[nH]c5c4)cc3[nH]2)c1. The lowest BCUT2D eigenvalue weighted by Gasteiger charge is -2.23. The Balaban J connectivity index is 1.06. The minimum atomic E-state index is -0.0751. The number of amides is 1. The number of aromatic nitrogens is 4. The van der Waals surface area contributed by atoms with E-state index < -0.39 is 0 Å². The van der Waals surface area contributed by atoms with E-state index in [1.54, 1.807) is 14.0 Å². The maximum Gasteiger partial charge on any atom is 0.227 e. The zero-order valence-electron chi connectivity index (χ0n) is 24.8. The van der Waals surface area contributed by atoms with Crippen molar-refractivity contribution in [1.29, 1.82) is 0 Å². The summed E-state index contributed by atoms with van der Waals surface area (Å²) in [6.45, 7) is 3.07. The van der Waals surface area contributed by atoms with Crippen molar-refractivity contribution in [2.24, 2.45) is 5.92 Å². The van der Waals surface area contributed by atoms with Gasteiger partial charge in [0.05, 0.1) is 47.7 Å². The Morgan fingerprint density at radius 1 is 0.955 bits per heavy atom. The van der Waals surface area contributed by atoms with Gasteiger partial charge in [0, 0.05) is 30.1 Å². The third-order valence-corrected chi connectivity index (χ3v) is 8.77. The van der Waals surface area contributed by atoms with Crippen LogP contribution in [0.5, 0.6) is 5.75 Å². The average molecular weight is 587 g/mol. The van der Waals surface area contributed by atoms with Crippen molar-refractivity contribution in [2.45, 2.75) is 44.7 Å². The van der Waals surface area contributed by atoms with Gasteiger partial charge in [-0.2, -0.15) is 0 Å². The first-order valence-electron chi connectivity index (χ1n) is 15.1. The van der Waals surface area contributed by atoms with Gasteiger partial charge in [-0.1, -0.05) is 24.0 Å². The summed E-state index contributed by atoms with van der Waals surface area (Å²) < 4.78 is 5.32. The molecule has 2 aliphatic heterocycles. The van der Waals surface area contributed by atoms with Crippen molar-refractivity contribution < 1.29 is 14.3 Å². The number of hydrogen-bond acceptors (Lipinski definition) is 6. The van der Waals surface area contributed by atoms with Crippen LogP contribution in [-0.2, 0) is 16.0 Å². The number of aromatic amines is 2. The molecule has 7 rings (SSSR count). The van der Waals surface area contributed by atoms with Gasteiger partial charge in [0.15, 0.2) is 0 Å². The Morgan fingerprint density at radius 3 is 2.34 bits per heavy atom. The van der Waals surface area contributed by atoms with Gasteiger partial charge in [0.25, 0.3) is 0 Å². The van der Waals surface area contributed by atoms with Gasteiger partial charge < -0.3 is 24.9 Å². The number of hydrogen-bond donors (Lipinski definition) is 3. The third-order valence-electron chi connectivity index (χ3n) is 8.77. The van der Waals surface area contributed by atoms with E-state index in [0.29, 0.717) is 13.0 Å². The Bertz CT molecular complexity index is 1950. The van der Waals surface area contributed by atoms with Crippen LogP contribution in [0.1, 0.15) is 66.6 Å². The molecule has 5 aromatic rings. The fourth-order valence-corrected chi connectivity index (χ4v) is 6.34. The van der Waals surface area contributed by atoms with E-state index in [1.807, 2.05) is 65.6 Å². The van der Waals surface area contributed by atoms with E-state index in [-0.39, 0.29) is 29.7 Å². The molecule has 222 valence electrons. The zero-order valence-corrected chi connectivity index (χ0v) is 24.8. The summed E-state index contributed by atoms with van der Waals surface area (Å²) in [5.74, 6) is 9.34. The number of Topliss-reactive ketones (excluding diaryl/α,β-unsaturated/α-hetero) is 1. The molecule has 1 amide bonds. The highest BCUT2D eigenvalue weighted by atomic mass is 16.5. The molecule has 0 radical (unpaired) electrons. The van der Waals surface area contributed by atoms with Gasteiger partial charge in [0.2, 0.25) is 5.91 Å². The normalized spacial score (nSPS) is 19.8. The number of benzene rings is 3. The fourth-order valence-electron chi connectivity index (χ4n) is 6.34. The molecule has 3 N–H and O–H groups in total. The fraction of sp³-hybridized carbons (Fsp3) is 0.314. The van der Waals surface area contributed by atoms with E-state index >= 15 is 0 Å². The van der Waals surface area contributed by atoms with Crippen LogP contribution in [0, 0.1) is 17.8 Å². The summed E-state index contributed by atoms with van der Waals surface area (Å²) in [5, 5.41) is 3.41. The van der Waals surface area contributed by atoms with E-state index in [1.165, 1.54) is 0 Å². The predicted molar refractivity (Wildman–Crippen MR) is 168 cm³/mol. The van der Waals surface area contributed by atoms with E-state index in [2.05, 4.69) is 27.1 Å². The van der Waals surface area contributed by atoms with Crippen molar-refractivity contribution in [3.63, 3.8) is 0 Å². The summed E-state index contributed by atoms with van der Waals surface area (Å²) in [6, 6.07) is 19.6. The van der Waals surface area contributed by atoms with Gasteiger partial charge in [-0.15, -0.1) is 0 Å². The van der Waals surface area contributed by atoms with Crippen LogP contribution in [0.25, 0.3) is 22.1 Å². The number of methoxy groups -OCH3 is 1. The first-order chi connectivity index (χ1) is 21.4. The maximum atomic E-state index is 13.3. The molecule has 2 aromatic heterocycles. The first kappa shape index (κ1) is 27.9. The van der Waals surface area contributed by atoms with Gasteiger partial charge in [-0.05, 0) is 80.3 Å². The summed E-state index contributed by atoms with van der Waals surface area (Å²) >= 11 is 0. The number of ketones is 1. The monoisotopic (exact) mass is 586 g/mol. The molecule has 3 atom stereocenters. The van der Waals surface area contributed by atoms with Gasteiger partial charge >= 0.3 is 0 Å². The van der Waals surface area contributed by atoms with Crippen LogP contribution in [0.2, 0.25) is 0 Å². The van der Waals surface area contributed by atoms with Crippen LogP contribution in [0.15, 0.2) is 60.7 Å². The van der Waals surface area contributed by atoms with E-state index in [9.17, 15) is 9.59 Å². The number of nitrogens with one attached hydrogen (secondary N) is 3.